The minimum atomic E-state index is -1.00. The van der Waals surface area contributed by atoms with Crippen LogP contribution in [-0.4, -0.2) is 24.0 Å². The fourth-order valence-electron chi connectivity index (χ4n) is 1.09. The fourth-order valence-corrected chi connectivity index (χ4v) is 1.09. The number of ether oxygens (including phenoxy) is 1. The van der Waals surface area contributed by atoms with Gasteiger partial charge in [0.1, 0.15) is 5.76 Å². The van der Waals surface area contributed by atoms with Crippen molar-refractivity contribution in [3.05, 3.63) is 41.5 Å². The predicted molar refractivity (Wildman–Crippen MR) is 58.8 cm³/mol. The fraction of sp³-hybridized carbons (Fsp3) is 0.167. The average Bonchev–Trinajstić information content (AvgIpc) is 2.28. The van der Waals surface area contributed by atoms with E-state index in [2.05, 4.69) is 4.74 Å². The summed E-state index contributed by atoms with van der Waals surface area (Å²) in [6.45, 7) is 1.91. The molecule has 1 aromatic rings. The van der Waals surface area contributed by atoms with E-state index in [-0.39, 0.29) is 5.76 Å². The quantitative estimate of drug-likeness (QED) is 0.364. The van der Waals surface area contributed by atoms with Gasteiger partial charge in [-0.2, -0.15) is 0 Å². The molecule has 0 saturated carbocycles. The van der Waals surface area contributed by atoms with Gasteiger partial charge in [-0.1, -0.05) is 29.8 Å². The van der Waals surface area contributed by atoms with Gasteiger partial charge < -0.3 is 9.84 Å². The molecule has 0 aliphatic heterocycles. The first-order valence-corrected chi connectivity index (χ1v) is 4.64. The first kappa shape index (κ1) is 12.0. The average molecular weight is 220 g/mol. The summed E-state index contributed by atoms with van der Waals surface area (Å²) in [4.78, 5) is 21.9. The monoisotopic (exact) mass is 220 g/mol. The van der Waals surface area contributed by atoms with Gasteiger partial charge in [-0.15, -0.1) is 0 Å². The van der Waals surface area contributed by atoms with E-state index in [1.807, 2.05) is 6.92 Å². The van der Waals surface area contributed by atoms with Gasteiger partial charge in [0.05, 0.1) is 7.11 Å². The van der Waals surface area contributed by atoms with Crippen LogP contribution in [0.2, 0.25) is 0 Å². The highest BCUT2D eigenvalue weighted by Gasteiger charge is 2.12. The van der Waals surface area contributed by atoms with Crippen LogP contribution < -0.4 is 0 Å². The Hall–Kier alpha value is -2.10. The number of aliphatic hydroxyl groups is 1. The molecule has 4 nitrogen and oxygen atoms in total. The molecule has 0 bridgehead atoms. The summed E-state index contributed by atoms with van der Waals surface area (Å²) in [7, 11) is 1.11. The molecule has 0 radical (unpaired) electrons. The standard InChI is InChI=1S/C12H12O4/c1-8-3-5-9(6-4-8)10(13)7-11(14)12(15)16-2/h3-7,13H,1-2H3/b10-7+. The van der Waals surface area contributed by atoms with E-state index in [0.29, 0.717) is 5.56 Å². The molecule has 0 saturated heterocycles. The third kappa shape index (κ3) is 2.95. The van der Waals surface area contributed by atoms with Crippen LogP contribution in [0.1, 0.15) is 11.1 Å². The van der Waals surface area contributed by atoms with Crippen molar-refractivity contribution in [1.82, 2.24) is 0 Å². The Morgan fingerprint density at radius 1 is 1.25 bits per heavy atom. The van der Waals surface area contributed by atoms with Crippen LogP contribution in [0.15, 0.2) is 30.3 Å². The van der Waals surface area contributed by atoms with Crippen LogP contribution in [0.25, 0.3) is 5.76 Å². The van der Waals surface area contributed by atoms with Crippen molar-refractivity contribution < 1.29 is 19.4 Å². The number of rotatable bonds is 3. The van der Waals surface area contributed by atoms with Crippen molar-refractivity contribution in [2.45, 2.75) is 6.92 Å². The lowest BCUT2D eigenvalue weighted by Crippen LogP contribution is -2.13. The number of ketones is 1. The topological polar surface area (TPSA) is 63.6 Å². The number of hydrogen-bond acceptors (Lipinski definition) is 4. The van der Waals surface area contributed by atoms with Crippen molar-refractivity contribution in [2.75, 3.05) is 7.11 Å². The lowest BCUT2D eigenvalue weighted by Gasteiger charge is -2.00. The Kier molecular flexibility index (Phi) is 3.83. The number of hydrogen-bond donors (Lipinski definition) is 1. The van der Waals surface area contributed by atoms with Gasteiger partial charge in [-0.3, -0.25) is 4.79 Å². The van der Waals surface area contributed by atoms with Crippen LogP contribution >= 0.6 is 0 Å². The van der Waals surface area contributed by atoms with Crippen molar-refractivity contribution in [3.63, 3.8) is 0 Å². The van der Waals surface area contributed by atoms with Crippen molar-refractivity contribution in [3.8, 4) is 0 Å². The number of aryl methyl sites for hydroxylation is 1. The zero-order valence-electron chi connectivity index (χ0n) is 9.06. The maximum absolute atomic E-state index is 11.1. The molecule has 1 N–H and O–H groups in total. The van der Waals surface area contributed by atoms with E-state index in [4.69, 9.17) is 0 Å². The van der Waals surface area contributed by atoms with Gasteiger partial charge in [0.25, 0.3) is 5.78 Å². The highest BCUT2D eigenvalue weighted by molar-refractivity contribution is 6.39. The minimum Gasteiger partial charge on any atom is -0.507 e. The number of aliphatic hydroxyl groups excluding tert-OH is 1. The molecule has 0 heterocycles. The molecule has 0 fully saturated rings. The molecule has 0 aliphatic carbocycles. The summed E-state index contributed by atoms with van der Waals surface area (Å²) in [5.41, 5.74) is 1.51. The Bertz CT molecular complexity index is 429. The molecular formula is C12H12O4. The molecule has 0 aliphatic rings. The summed E-state index contributed by atoms with van der Waals surface area (Å²) in [5, 5.41) is 9.56. The van der Waals surface area contributed by atoms with E-state index >= 15 is 0 Å². The van der Waals surface area contributed by atoms with Gasteiger partial charge in [-0.25, -0.2) is 4.79 Å². The highest BCUT2D eigenvalue weighted by Crippen LogP contribution is 2.12. The molecule has 16 heavy (non-hydrogen) atoms. The van der Waals surface area contributed by atoms with E-state index in [9.17, 15) is 14.7 Å². The molecule has 1 rings (SSSR count). The molecule has 0 unspecified atom stereocenters. The number of esters is 1. The van der Waals surface area contributed by atoms with Crippen LogP contribution in [0.5, 0.6) is 0 Å². The number of carbonyl (C=O) groups is 2. The molecule has 0 spiro atoms. The lowest BCUT2D eigenvalue weighted by molar-refractivity contribution is -0.149. The zero-order valence-corrected chi connectivity index (χ0v) is 9.06. The van der Waals surface area contributed by atoms with Crippen molar-refractivity contribution in [2.24, 2.45) is 0 Å². The van der Waals surface area contributed by atoms with E-state index in [1.165, 1.54) is 0 Å². The Labute approximate surface area is 93.2 Å². The van der Waals surface area contributed by atoms with E-state index in [0.717, 1.165) is 18.7 Å². The second kappa shape index (κ2) is 5.11. The summed E-state index contributed by atoms with van der Waals surface area (Å²) in [6.07, 6.45) is 0.844. The van der Waals surface area contributed by atoms with Crippen LogP contribution in [0.4, 0.5) is 0 Å². The molecular weight excluding hydrogens is 208 g/mol. The maximum Gasteiger partial charge on any atom is 0.378 e. The summed E-state index contributed by atoms with van der Waals surface area (Å²) in [6, 6.07) is 6.90. The summed E-state index contributed by atoms with van der Waals surface area (Å²) in [5.74, 6) is -2.14. The van der Waals surface area contributed by atoms with Gasteiger partial charge in [0.15, 0.2) is 0 Å². The van der Waals surface area contributed by atoms with Crippen molar-refractivity contribution >= 4 is 17.5 Å². The normalized spacial score (nSPS) is 11.0. The summed E-state index contributed by atoms with van der Waals surface area (Å²) < 4.78 is 4.22. The van der Waals surface area contributed by atoms with Crippen LogP contribution in [0.3, 0.4) is 0 Å². The smallest absolute Gasteiger partial charge is 0.378 e. The third-order valence-electron chi connectivity index (χ3n) is 2.00. The second-order valence-corrected chi connectivity index (χ2v) is 3.25. The highest BCUT2D eigenvalue weighted by atomic mass is 16.5. The molecule has 4 heteroatoms. The first-order valence-electron chi connectivity index (χ1n) is 4.64. The number of carbonyl (C=O) groups excluding carboxylic acids is 2. The van der Waals surface area contributed by atoms with Gasteiger partial charge in [0.2, 0.25) is 0 Å². The third-order valence-corrected chi connectivity index (χ3v) is 2.00. The molecule has 0 amide bonds. The predicted octanol–water partition coefficient (Wildman–Crippen LogP) is 1.64. The SMILES string of the molecule is COC(=O)C(=O)/C=C(/O)c1ccc(C)cc1. The Balaban J connectivity index is 2.89. The first-order chi connectivity index (χ1) is 7.54. The lowest BCUT2D eigenvalue weighted by atomic mass is 10.1. The molecule has 84 valence electrons. The second-order valence-electron chi connectivity index (χ2n) is 3.25. The van der Waals surface area contributed by atoms with Crippen LogP contribution in [0, 0.1) is 6.92 Å². The van der Waals surface area contributed by atoms with Gasteiger partial charge in [-0.05, 0) is 6.92 Å². The van der Waals surface area contributed by atoms with E-state index in [1.54, 1.807) is 24.3 Å². The molecule has 1 aromatic carbocycles. The minimum absolute atomic E-state index is 0.254. The van der Waals surface area contributed by atoms with Gasteiger partial charge >= 0.3 is 5.97 Å². The number of benzene rings is 1. The molecule has 0 atom stereocenters. The number of methoxy groups -OCH3 is 1. The Morgan fingerprint density at radius 2 is 1.81 bits per heavy atom. The maximum atomic E-state index is 11.1. The summed E-state index contributed by atoms with van der Waals surface area (Å²) >= 11 is 0. The van der Waals surface area contributed by atoms with Gasteiger partial charge in [0, 0.05) is 11.6 Å². The zero-order chi connectivity index (χ0) is 12.1. The Morgan fingerprint density at radius 3 is 2.31 bits per heavy atom. The van der Waals surface area contributed by atoms with Crippen LogP contribution in [-0.2, 0) is 14.3 Å². The van der Waals surface area contributed by atoms with E-state index < -0.39 is 11.8 Å². The molecule has 0 aromatic heterocycles. The van der Waals surface area contributed by atoms with Crippen molar-refractivity contribution in [1.29, 1.82) is 0 Å². The largest absolute Gasteiger partial charge is 0.507 e.